The van der Waals surface area contributed by atoms with E-state index in [0.29, 0.717) is 0 Å². The lowest BCUT2D eigenvalue weighted by Crippen LogP contribution is -1.85. The average Bonchev–Trinajstić information content (AvgIpc) is 2.65. The van der Waals surface area contributed by atoms with Gasteiger partial charge in [-0.3, -0.25) is 0 Å². The fourth-order valence-electron chi connectivity index (χ4n) is 2.93. The number of hydrogen-bond donors (Lipinski definition) is 0. The lowest BCUT2D eigenvalue weighted by molar-refractivity contribution is 1.60. The molecular weight excluding hydrogens is 288 g/mol. The molecule has 0 saturated carbocycles. The summed E-state index contributed by atoms with van der Waals surface area (Å²) in [6.07, 6.45) is 5.40. The second kappa shape index (κ2) is 5.96. The molecule has 0 aliphatic carbocycles. The van der Waals surface area contributed by atoms with Crippen molar-refractivity contribution < 1.29 is 0 Å². The Morgan fingerprint density at radius 3 is 1.71 bits per heavy atom. The van der Waals surface area contributed by atoms with Crippen molar-refractivity contribution in [2.45, 2.75) is 0 Å². The summed E-state index contributed by atoms with van der Waals surface area (Å²) in [4.78, 5) is 0. The Kier molecular flexibility index (Phi) is 3.51. The van der Waals surface area contributed by atoms with Gasteiger partial charge in [-0.2, -0.15) is 0 Å². The Morgan fingerprint density at radius 1 is 0.583 bits per heavy atom. The van der Waals surface area contributed by atoms with Crippen molar-refractivity contribution in [1.82, 2.24) is 0 Å². The smallest absolute Gasteiger partial charge is 0.0405 e. The molecule has 0 N–H and O–H groups in total. The molecule has 0 aliphatic heterocycles. The first-order chi connectivity index (χ1) is 11.8. The summed E-state index contributed by atoms with van der Waals surface area (Å²) in [5.41, 5.74) is 2.91. The lowest BCUT2D eigenvalue weighted by Gasteiger charge is -2.06. The van der Waals surface area contributed by atoms with Gasteiger partial charge in [0.25, 0.3) is 0 Å². The molecule has 0 spiro atoms. The molecule has 24 heavy (non-hydrogen) atoms. The van der Waals surface area contributed by atoms with Gasteiger partial charge in [0.1, 0.15) is 0 Å². The maximum absolute atomic E-state index is 5.40. The highest BCUT2D eigenvalue weighted by Gasteiger charge is 2.04. The van der Waals surface area contributed by atoms with Crippen LogP contribution in [0.4, 0.5) is 0 Å². The van der Waals surface area contributed by atoms with Crippen molar-refractivity contribution in [3.05, 3.63) is 95.6 Å². The van der Waals surface area contributed by atoms with Crippen LogP contribution in [0.5, 0.6) is 0 Å². The maximum Gasteiger partial charge on any atom is 0.0405 e. The summed E-state index contributed by atoms with van der Waals surface area (Å²) in [7, 11) is 0. The third-order valence-corrected chi connectivity index (χ3v) is 4.15. The van der Waals surface area contributed by atoms with Gasteiger partial charge in [-0.15, -0.1) is 6.42 Å². The minimum Gasteiger partial charge on any atom is -0.115 e. The van der Waals surface area contributed by atoms with Gasteiger partial charge in [0, 0.05) is 16.7 Å². The first-order valence-electron chi connectivity index (χ1n) is 7.84. The van der Waals surface area contributed by atoms with Crippen molar-refractivity contribution in [1.29, 1.82) is 0 Å². The molecule has 0 nitrogen and oxygen atoms in total. The molecule has 0 aliphatic rings. The monoisotopic (exact) mass is 302 g/mol. The highest BCUT2D eigenvalue weighted by molar-refractivity contribution is 6.04. The fraction of sp³-hybridized carbons (Fsp3) is 0. The van der Waals surface area contributed by atoms with Crippen LogP contribution in [0.25, 0.3) is 21.5 Å². The SMILES string of the molecule is C#Cc1ccc(C#Cc2c3ccccc3cc3ccccc23)cc1. The van der Waals surface area contributed by atoms with E-state index in [9.17, 15) is 0 Å². The molecule has 4 rings (SSSR count). The predicted molar refractivity (Wildman–Crippen MR) is 102 cm³/mol. The Labute approximate surface area is 141 Å². The van der Waals surface area contributed by atoms with E-state index in [-0.39, 0.29) is 0 Å². The Bertz CT molecular complexity index is 1090. The van der Waals surface area contributed by atoms with Gasteiger partial charge in [-0.1, -0.05) is 66.3 Å². The molecule has 0 heterocycles. The minimum absolute atomic E-state index is 0.871. The second-order valence-electron chi connectivity index (χ2n) is 5.67. The molecule has 0 saturated heterocycles. The summed E-state index contributed by atoms with van der Waals surface area (Å²) in [5, 5.41) is 4.79. The van der Waals surface area contributed by atoms with Gasteiger partial charge in [-0.05, 0) is 51.9 Å². The molecule has 0 heteroatoms. The zero-order chi connectivity index (χ0) is 16.4. The van der Waals surface area contributed by atoms with E-state index in [1.54, 1.807) is 0 Å². The van der Waals surface area contributed by atoms with Crippen molar-refractivity contribution in [2.75, 3.05) is 0 Å². The second-order valence-corrected chi connectivity index (χ2v) is 5.67. The number of terminal acetylenes is 1. The Hall–Kier alpha value is -3.48. The van der Waals surface area contributed by atoms with Crippen LogP contribution < -0.4 is 0 Å². The first kappa shape index (κ1) is 14.1. The van der Waals surface area contributed by atoms with Crippen LogP contribution in [0.3, 0.4) is 0 Å². The normalized spacial score (nSPS) is 10.1. The summed E-state index contributed by atoms with van der Waals surface area (Å²) in [6, 6.07) is 26.8. The van der Waals surface area contributed by atoms with Crippen LogP contribution in [0.2, 0.25) is 0 Å². The van der Waals surface area contributed by atoms with E-state index in [1.165, 1.54) is 21.5 Å². The van der Waals surface area contributed by atoms with E-state index >= 15 is 0 Å². The summed E-state index contributed by atoms with van der Waals surface area (Å²) < 4.78 is 0. The first-order valence-corrected chi connectivity index (χ1v) is 7.84. The molecular formula is C24H14. The minimum atomic E-state index is 0.871. The molecule has 4 aromatic carbocycles. The number of benzene rings is 4. The molecule has 4 aromatic rings. The van der Waals surface area contributed by atoms with Crippen LogP contribution >= 0.6 is 0 Å². The van der Waals surface area contributed by atoms with E-state index < -0.39 is 0 Å². The van der Waals surface area contributed by atoms with Crippen molar-refractivity contribution >= 4 is 21.5 Å². The summed E-state index contributed by atoms with van der Waals surface area (Å²) in [6.45, 7) is 0. The van der Waals surface area contributed by atoms with Crippen LogP contribution in [-0.2, 0) is 0 Å². The van der Waals surface area contributed by atoms with Gasteiger partial charge >= 0.3 is 0 Å². The highest BCUT2D eigenvalue weighted by atomic mass is 14.1. The highest BCUT2D eigenvalue weighted by Crippen LogP contribution is 2.27. The largest absolute Gasteiger partial charge is 0.115 e. The van der Waals surface area contributed by atoms with Gasteiger partial charge in [-0.25, -0.2) is 0 Å². The van der Waals surface area contributed by atoms with Gasteiger partial charge in [0.2, 0.25) is 0 Å². The quantitative estimate of drug-likeness (QED) is 0.302. The topological polar surface area (TPSA) is 0 Å². The average molecular weight is 302 g/mol. The number of hydrogen-bond acceptors (Lipinski definition) is 0. The number of fused-ring (bicyclic) bond motifs is 2. The lowest BCUT2D eigenvalue weighted by atomic mass is 9.97. The molecule has 0 atom stereocenters. The molecule has 110 valence electrons. The van der Waals surface area contributed by atoms with Crippen molar-refractivity contribution in [2.24, 2.45) is 0 Å². The van der Waals surface area contributed by atoms with Gasteiger partial charge < -0.3 is 0 Å². The molecule has 0 unspecified atom stereocenters. The van der Waals surface area contributed by atoms with Crippen molar-refractivity contribution in [3.8, 4) is 24.2 Å². The molecule has 0 bridgehead atoms. The van der Waals surface area contributed by atoms with Crippen LogP contribution in [0.15, 0.2) is 78.9 Å². The maximum atomic E-state index is 5.40. The van der Waals surface area contributed by atoms with E-state index in [4.69, 9.17) is 6.42 Å². The third-order valence-electron chi connectivity index (χ3n) is 4.15. The summed E-state index contributed by atoms with van der Waals surface area (Å²) in [5.74, 6) is 9.29. The van der Waals surface area contributed by atoms with Gasteiger partial charge in [0.15, 0.2) is 0 Å². The van der Waals surface area contributed by atoms with E-state index in [2.05, 4.69) is 72.4 Å². The summed E-state index contributed by atoms with van der Waals surface area (Å²) >= 11 is 0. The number of rotatable bonds is 0. The van der Waals surface area contributed by atoms with Crippen LogP contribution in [0.1, 0.15) is 16.7 Å². The van der Waals surface area contributed by atoms with Crippen LogP contribution in [0, 0.1) is 24.2 Å². The standard InChI is InChI=1S/C24H14/c1-2-18-11-13-19(14-12-18)15-16-24-22-9-5-3-7-20(22)17-21-8-4-6-10-23(21)24/h1,3-14,17H. The van der Waals surface area contributed by atoms with E-state index in [1.807, 2.05) is 24.3 Å². The molecule has 0 radical (unpaired) electrons. The zero-order valence-corrected chi connectivity index (χ0v) is 13.1. The Morgan fingerprint density at radius 2 is 1.12 bits per heavy atom. The molecule has 0 amide bonds. The molecule has 0 aromatic heterocycles. The fourth-order valence-corrected chi connectivity index (χ4v) is 2.93. The zero-order valence-electron chi connectivity index (χ0n) is 13.1. The van der Waals surface area contributed by atoms with Crippen molar-refractivity contribution in [3.63, 3.8) is 0 Å². The van der Waals surface area contributed by atoms with E-state index in [0.717, 1.165) is 16.7 Å². The molecule has 0 fully saturated rings. The predicted octanol–water partition coefficient (Wildman–Crippen LogP) is 5.37. The third kappa shape index (κ3) is 2.52. The van der Waals surface area contributed by atoms with Crippen LogP contribution in [-0.4, -0.2) is 0 Å². The van der Waals surface area contributed by atoms with Gasteiger partial charge in [0.05, 0.1) is 0 Å². The Balaban J connectivity index is 1.94.